The Balaban J connectivity index is 4.22. The molecule has 0 amide bonds. The quantitative estimate of drug-likeness (QED) is 0.453. The summed E-state index contributed by atoms with van der Waals surface area (Å²) in [6.45, 7) is 6.53. The van der Waals surface area contributed by atoms with E-state index in [0.717, 1.165) is 5.57 Å². The van der Waals surface area contributed by atoms with E-state index < -0.39 is 0 Å². The van der Waals surface area contributed by atoms with Gasteiger partial charge in [0.1, 0.15) is 0 Å². The summed E-state index contributed by atoms with van der Waals surface area (Å²) in [5, 5.41) is 7.06. The molecule has 0 rings (SSSR count). The lowest BCUT2D eigenvalue weighted by Gasteiger charge is -2.13. The van der Waals surface area contributed by atoms with Gasteiger partial charge in [-0.05, 0) is 6.92 Å². The molecule has 2 heteroatoms. The SMILES string of the molecule is CC(=CC(C)(C)C=N)CN. The molecule has 0 aliphatic rings. The van der Waals surface area contributed by atoms with Gasteiger partial charge in [-0.25, -0.2) is 0 Å². The maximum absolute atomic E-state index is 7.06. The second kappa shape index (κ2) is 3.52. The lowest BCUT2D eigenvalue weighted by atomic mass is 9.93. The first-order chi connectivity index (χ1) is 4.52. The number of hydrogen-bond acceptors (Lipinski definition) is 2. The predicted molar refractivity (Wildman–Crippen MR) is 45.4 cm³/mol. The Morgan fingerprint density at radius 1 is 1.60 bits per heavy atom. The molecule has 58 valence electrons. The highest BCUT2D eigenvalue weighted by Crippen LogP contribution is 2.14. The van der Waals surface area contributed by atoms with E-state index >= 15 is 0 Å². The van der Waals surface area contributed by atoms with Crippen LogP contribution in [0.25, 0.3) is 0 Å². The van der Waals surface area contributed by atoms with Gasteiger partial charge in [-0.1, -0.05) is 25.5 Å². The molecule has 0 fully saturated rings. The van der Waals surface area contributed by atoms with Crippen molar-refractivity contribution in [3.8, 4) is 0 Å². The fourth-order valence-electron chi connectivity index (χ4n) is 0.736. The molecule has 0 saturated carbocycles. The van der Waals surface area contributed by atoms with Crippen molar-refractivity contribution in [1.29, 1.82) is 5.41 Å². The minimum Gasteiger partial charge on any atom is -0.327 e. The predicted octanol–water partition coefficient (Wildman–Crippen LogP) is 1.57. The summed E-state index contributed by atoms with van der Waals surface area (Å²) < 4.78 is 0. The summed E-state index contributed by atoms with van der Waals surface area (Å²) in [5.74, 6) is 0. The smallest absolute Gasteiger partial charge is 0.0175 e. The number of nitrogens with two attached hydrogens (primary N) is 1. The van der Waals surface area contributed by atoms with Crippen molar-refractivity contribution < 1.29 is 0 Å². The molecule has 0 atom stereocenters. The second-order valence-electron chi connectivity index (χ2n) is 3.16. The van der Waals surface area contributed by atoms with Crippen LogP contribution >= 0.6 is 0 Å². The van der Waals surface area contributed by atoms with Crippen LogP contribution in [-0.2, 0) is 0 Å². The second-order valence-corrected chi connectivity index (χ2v) is 3.16. The van der Waals surface area contributed by atoms with Crippen molar-refractivity contribution in [3.05, 3.63) is 11.6 Å². The van der Waals surface area contributed by atoms with Crippen LogP contribution in [0, 0.1) is 10.8 Å². The van der Waals surface area contributed by atoms with Gasteiger partial charge >= 0.3 is 0 Å². The minimum atomic E-state index is -0.135. The van der Waals surface area contributed by atoms with Crippen LogP contribution in [0.2, 0.25) is 0 Å². The molecule has 10 heavy (non-hydrogen) atoms. The summed E-state index contributed by atoms with van der Waals surface area (Å²) in [5.41, 5.74) is 6.39. The molecule has 0 radical (unpaired) electrons. The average Bonchev–Trinajstić information content (AvgIpc) is 1.87. The number of nitrogens with one attached hydrogen (secondary N) is 1. The third-order valence-corrected chi connectivity index (χ3v) is 1.31. The minimum absolute atomic E-state index is 0.135. The summed E-state index contributed by atoms with van der Waals surface area (Å²) in [6.07, 6.45) is 3.44. The molecular formula is C8H16N2. The van der Waals surface area contributed by atoms with E-state index in [4.69, 9.17) is 11.1 Å². The van der Waals surface area contributed by atoms with E-state index in [9.17, 15) is 0 Å². The van der Waals surface area contributed by atoms with Gasteiger partial charge < -0.3 is 11.1 Å². The Kier molecular flexibility index (Phi) is 3.30. The molecule has 0 aliphatic heterocycles. The maximum atomic E-state index is 7.06. The zero-order valence-electron chi connectivity index (χ0n) is 6.94. The van der Waals surface area contributed by atoms with Gasteiger partial charge in [-0.15, -0.1) is 0 Å². The summed E-state index contributed by atoms with van der Waals surface area (Å²) in [7, 11) is 0. The van der Waals surface area contributed by atoms with Gasteiger partial charge in [-0.3, -0.25) is 0 Å². The van der Waals surface area contributed by atoms with E-state index in [1.54, 1.807) is 0 Å². The van der Waals surface area contributed by atoms with Crippen LogP contribution in [0.5, 0.6) is 0 Å². The largest absolute Gasteiger partial charge is 0.327 e. The van der Waals surface area contributed by atoms with Crippen LogP contribution in [0.1, 0.15) is 20.8 Å². The third kappa shape index (κ3) is 3.41. The lowest BCUT2D eigenvalue weighted by Crippen LogP contribution is -2.11. The molecule has 0 bridgehead atoms. The van der Waals surface area contributed by atoms with Gasteiger partial charge in [0, 0.05) is 18.2 Å². The molecule has 0 aromatic rings. The number of allylic oxidation sites excluding steroid dienone is 1. The Labute approximate surface area is 62.6 Å². The van der Waals surface area contributed by atoms with Gasteiger partial charge in [0.05, 0.1) is 0 Å². The van der Waals surface area contributed by atoms with Crippen LogP contribution in [0.3, 0.4) is 0 Å². The van der Waals surface area contributed by atoms with Gasteiger partial charge in [0.2, 0.25) is 0 Å². The molecule has 0 spiro atoms. The zero-order valence-corrected chi connectivity index (χ0v) is 6.94. The third-order valence-electron chi connectivity index (χ3n) is 1.31. The first-order valence-electron chi connectivity index (χ1n) is 3.42. The molecule has 0 heterocycles. The van der Waals surface area contributed by atoms with Crippen molar-refractivity contribution in [3.63, 3.8) is 0 Å². The average molecular weight is 140 g/mol. The number of rotatable bonds is 3. The van der Waals surface area contributed by atoms with E-state index in [1.807, 2.05) is 26.8 Å². The fourth-order valence-corrected chi connectivity index (χ4v) is 0.736. The number of hydrogen-bond donors (Lipinski definition) is 2. The monoisotopic (exact) mass is 140 g/mol. The van der Waals surface area contributed by atoms with Gasteiger partial charge in [-0.2, -0.15) is 0 Å². The van der Waals surface area contributed by atoms with E-state index in [2.05, 4.69) is 0 Å². The highest BCUT2D eigenvalue weighted by molar-refractivity contribution is 5.64. The molecule has 2 nitrogen and oxygen atoms in total. The van der Waals surface area contributed by atoms with Gasteiger partial charge in [0.15, 0.2) is 0 Å². The first-order valence-corrected chi connectivity index (χ1v) is 3.42. The molecule has 0 unspecified atom stereocenters. The molecule has 0 aromatic heterocycles. The van der Waals surface area contributed by atoms with E-state index in [0.29, 0.717) is 6.54 Å². The Hall–Kier alpha value is -0.630. The Morgan fingerprint density at radius 2 is 2.10 bits per heavy atom. The van der Waals surface area contributed by atoms with Crippen LogP contribution < -0.4 is 5.73 Å². The van der Waals surface area contributed by atoms with Crippen LogP contribution in [0.4, 0.5) is 0 Å². The van der Waals surface area contributed by atoms with Crippen LogP contribution in [-0.4, -0.2) is 12.8 Å². The fraction of sp³-hybridized carbons (Fsp3) is 0.625. The summed E-state index contributed by atoms with van der Waals surface area (Å²) >= 11 is 0. The van der Waals surface area contributed by atoms with Crippen molar-refractivity contribution >= 4 is 6.21 Å². The first kappa shape index (κ1) is 9.37. The highest BCUT2D eigenvalue weighted by Gasteiger charge is 2.09. The molecule has 0 aliphatic carbocycles. The van der Waals surface area contributed by atoms with Crippen molar-refractivity contribution in [2.45, 2.75) is 20.8 Å². The summed E-state index contributed by atoms with van der Waals surface area (Å²) in [4.78, 5) is 0. The summed E-state index contributed by atoms with van der Waals surface area (Å²) in [6, 6.07) is 0. The molecule has 0 saturated heterocycles. The standard InChI is InChI=1S/C8H16N2/c1-7(5-9)4-8(2,3)6-10/h4,6,10H,5,9H2,1-3H3. The molecule has 0 aromatic carbocycles. The highest BCUT2D eigenvalue weighted by atomic mass is 14.5. The van der Waals surface area contributed by atoms with Crippen molar-refractivity contribution in [1.82, 2.24) is 0 Å². The van der Waals surface area contributed by atoms with E-state index in [1.165, 1.54) is 6.21 Å². The van der Waals surface area contributed by atoms with Gasteiger partial charge in [0.25, 0.3) is 0 Å². The normalized spacial score (nSPS) is 13.4. The zero-order chi connectivity index (χ0) is 8.20. The topological polar surface area (TPSA) is 49.9 Å². The van der Waals surface area contributed by atoms with Crippen LogP contribution in [0.15, 0.2) is 11.6 Å². The van der Waals surface area contributed by atoms with Crippen molar-refractivity contribution in [2.24, 2.45) is 11.1 Å². The molecule has 3 N–H and O–H groups in total. The maximum Gasteiger partial charge on any atom is 0.0175 e. The lowest BCUT2D eigenvalue weighted by molar-refractivity contribution is 0.681. The Morgan fingerprint density at radius 3 is 2.40 bits per heavy atom. The Bertz CT molecular complexity index is 145. The molecular weight excluding hydrogens is 124 g/mol. The van der Waals surface area contributed by atoms with E-state index in [-0.39, 0.29) is 5.41 Å². The van der Waals surface area contributed by atoms with Crippen molar-refractivity contribution in [2.75, 3.05) is 6.54 Å².